The van der Waals surface area contributed by atoms with Crippen molar-refractivity contribution >= 4 is 16.8 Å². The number of aliphatic hydroxyl groups excluding tert-OH is 1. The molecule has 0 bridgehead atoms. The Kier molecular flexibility index (Phi) is 4.15. The van der Waals surface area contributed by atoms with E-state index in [0.29, 0.717) is 18.0 Å². The number of hydrogen-bond acceptors (Lipinski definition) is 3. The fourth-order valence-electron chi connectivity index (χ4n) is 3.07. The fraction of sp³-hybridized carbons (Fsp3) is 0.412. The molecule has 2 N–H and O–H groups in total. The van der Waals surface area contributed by atoms with Crippen LogP contribution in [0.2, 0.25) is 0 Å². The van der Waals surface area contributed by atoms with Crippen molar-refractivity contribution in [2.75, 3.05) is 6.54 Å². The van der Waals surface area contributed by atoms with Crippen molar-refractivity contribution in [3.8, 4) is 0 Å². The summed E-state index contributed by atoms with van der Waals surface area (Å²) in [7, 11) is 0. The highest BCUT2D eigenvalue weighted by molar-refractivity contribution is 6.05. The molecule has 1 saturated carbocycles. The van der Waals surface area contributed by atoms with Crippen molar-refractivity contribution in [3.05, 3.63) is 42.1 Å². The van der Waals surface area contributed by atoms with E-state index in [0.717, 1.165) is 36.6 Å². The predicted octanol–water partition coefficient (Wildman–Crippen LogP) is 2.52. The molecule has 1 amide bonds. The predicted molar refractivity (Wildman–Crippen MR) is 82.0 cm³/mol. The number of rotatable bonds is 3. The summed E-state index contributed by atoms with van der Waals surface area (Å²) < 4.78 is 0. The van der Waals surface area contributed by atoms with Crippen LogP contribution in [0.5, 0.6) is 0 Å². The molecule has 0 saturated heterocycles. The quantitative estimate of drug-likeness (QED) is 0.910. The minimum Gasteiger partial charge on any atom is -0.393 e. The minimum absolute atomic E-state index is 0.0614. The van der Waals surface area contributed by atoms with Gasteiger partial charge in [0, 0.05) is 18.1 Å². The number of carbonyl (C=O) groups excluding carboxylic acids is 1. The SMILES string of the molecule is O=C(NCC1CCCC(O)C1)c1ccnc2ccccc12. The number of para-hydroxylation sites is 1. The lowest BCUT2D eigenvalue weighted by Gasteiger charge is -2.25. The van der Waals surface area contributed by atoms with Crippen molar-refractivity contribution in [1.29, 1.82) is 0 Å². The lowest BCUT2D eigenvalue weighted by molar-refractivity contribution is 0.0875. The van der Waals surface area contributed by atoms with Gasteiger partial charge in [-0.25, -0.2) is 0 Å². The monoisotopic (exact) mass is 284 g/mol. The number of nitrogens with zero attached hydrogens (tertiary/aromatic N) is 1. The molecule has 0 radical (unpaired) electrons. The molecule has 0 aliphatic heterocycles. The summed E-state index contributed by atoms with van der Waals surface area (Å²) in [4.78, 5) is 16.7. The highest BCUT2D eigenvalue weighted by Gasteiger charge is 2.21. The number of benzene rings is 1. The van der Waals surface area contributed by atoms with Gasteiger partial charge in [0.25, 0.3) is 5.91 Å². The molecule has 21 heavy (non-hydrogen) atoms. The van der Waals surface area contributed by atoms with Crippen molar-refractivity contribution in [1.82, 2.24) is 10.3 Å². The minimum atomic E-state index is -0.206. The van der Waals surface area contributed by atoms with E-state index in [1.165, 1.54) is 0 Å². The number of pyridine rings is 1. The second kappa shape index (κ2) is 6.22. The largest absolute Gasteiger partial charge is 0.393 e. The molecule has 1 fully saturated rings. The van der Waals surface area contributed by atoms with E-state index in [2.05, 4.69) is 10.3 Å². The Morgan fingerprint density at radius 3 is 3.00 bits per heavy atom. The molecule has 3 rings (SSSR count). The van der Waals surface area contributed by atoms with Gasteiger partial charge in [-0.3, -0.25) is 9.78 Å². The van der Waals surface area contributed by atoms with Crippen LogP contribution in [0.1, 0.15) is 36.0 Å². The van der Waals surface area contributed by atoms with E-state index in [4.69, 9.17) is 0 Å². The zero-order valence-electron chi connectivity index (χ0n) is 12.0. The number of aliphatic hydroxyl groups is 1. The van der Waals surface area contributed by atoms with Gasteiger partial charge in [-0.1, -0.05) is 24.6 Å². The van der Waals surface area contributed by atoms with Crippen LogP contribution in [0.4, 0.5) is 0 Å². The summed E-state index contributed by atoms with van der Waals surface area (Å²) in [5.41, 5.74) is 1.50. The average Bonchev–Trinajstić information content (AvgIpc) is 2.52. The number of aromatic nitrogens is 1. The van der Waals surface area contributed by atoms with E-state index < -0.39 is 0 Å². The first-order chi connectivity index (χ1) is 10.2. The second-order valence-corrected chi connectivity index (χ2v) is 5.77. The molecule has 2 unspecified atom stereocenters. The van der Waals surface area contributed by atoms with E-state index in [1.807, 2.05) is 24.3 Å². The highest BCUT2D eigenvalue weighted by atomic mass is 16.3. The maximum Gasteiger partial charge on any atom is 0.252 e. The van der Waals surface area contributed by atoms with Crippen LogP contribution in [0.25, 0.3) is 10.9 Å². The third-order valence-corrected chi connectivity index (χ3v) is 4.20. The van der Waals surface area contributed by atoms with Crippen LogP contribution in [-0.4, -0.2) is 28.6 Å². The first-order valence-electron chi connectivity index (χ1n) is 7.54. The van der Waals surface area contributed by atoms with Crippen LogP contribution >= 0.6 is 0 Å². The Morgan fingerprint density at radius 1 is 1.29 bits per heavy atom. The molecule has 1 aliphatic carbocycles. The number of hydrogen-bond donors (Lipinski definition) is 2. The molecule has 1 aromatic carbocycles. The topological polar surface area (TPSA) is 62.2 Å². The molecule has 2 aromatic rings. The zero-order chi connectivity index (χ0) is 14.7. The average molecular weight is 284 g/mol. The lowest BCUT2D eigenvalue weighted by atomic mass is 9.87. The summed E-state index contributed by atoms with van der Waals surface area (Å²) in [6.45, 7) is 0.631. The van der Waals surface area contributed by atoms with Crippen molar-refractivity contribution in [2.45, 2.75) is 31.8 Å². The molecule has 1 aromatic heterocycles. The molecular weight excluding hydrogens is 264 g/mol. The van der Waals surface area contributed by atoms with E-state index in [9.17, 15) is 9.90 Å². The van der Waals surface area contributed by atoms with E-state index in [-0.39, 0.29) is 12.0 Å². The van der Waals surface area contributed by atoms with Crippen LogP contribution in [0.15, 0.2) is 36.5 Å². The highest BCUT2D eigenvalue weighted by Crippen LogP contribution is 2.23. The van der Waals surface area contributed by atoms with Gasteiger partial charge in [0.15, 0.2) is 0 Å². The van der Waals surface area contributed by atoms with E-state index in [1.54, 1.807) is 12.3 Å². The standard InChI is InChI=1S/C17H20N2O2/c20-13-5-3-4-12(10-13)11-19-17(21)15-8-9-18-16-7-2-1-6-14(15)16/h1-2,6-9,12-13,20H,3-5,10-11H2,(H,19,21). The molecule has 110 valence electrons. The Morgan fingerprint density at radius 2 is 2.14 bits per heavy atom. The third kappa shape index (κ3) is 3.22. The number of amides is 1. The van der Waals surface area contributed by atoms with Gasteiger partial charge in [-0.2, -0.15) is 0 Å². The Balaban J connectivity index is 1.69. The van der Waals surface area contributed by atoms with Gasteiger partial charge in [-0.15, -0.1) is 0 Å². The maximum absolute atomic E-state index is 12.4. The molecular formula is C17H20N2O2. The number of nitrogens with one attached hydrogen (secondary N) is 1. The first-order valence-corrected chi connectivity index (χ1v) is 7.54. The molecule has 4 nitrogen and oxygen atoms in total. The van der Waals surface area contributed by atoms with Crippen molar-refractivity contribution in [2.24, 2.45) is 5.92 Å². The van der Waals surface area contributed by atoms with E-state index >= 15 is 0 Å². The maximum atomic E-state index is 12.4. The number of carbonyl (C=O) groups is 1. The number of fused-ring (bicyclic) bond motifs is 1. The molecule has 1 heterocycles. The lowest BCUT2D eigenvalue weighted by Crippen LogP contribution is -2.33. The van der Waals surface area contributed by atoms with Gasteiger partial charge < -0.3 is 10.4 Å². The van der Waals surface area contributed by atoms with Crippen LogP contribution < -0.4 is 5.32 Å². The fourth-order valence-corrected chi connectivity index (χ4v) is 3.07. The summed E-state index contributed by atoms with van der Waals surface area (Å²) in [6, 6.07) is 9.41. The third-order valence-electron chi connectivity index (χ3n) is 4.20. The van der Waals surface area contributed by atoms with Crippen LogP contribution in [-0.2, 0) is 0 Å². The Bertz CT molecular complexity index is 636. The van der Waals surface area contributed by atoms with Gasteiger partial charge >= 0.3 is 0 Å². The zero-order valence-corrected chi connectivity index (χ0v) is 12.0. The van der Waals surface area contributed by atoms with Gasteiger partial charge in [0.05, 0.1) is 17.2 Å². The Labute approximate surface area is 124 Å². The van der Waals surface area contributed by atoms with Crippen molar-refractivity contribution in [3.63, 3.8) is 0 Å². The molecule has 1 aliphatic rings. The van der Waals surface area contributed by atoms with Crippen LogP contribution in [0, 0.1) is 5.92 Å². The summed E-state index contributed by atoms with van der Waals surface area (Å²) >= 11 is 0. The van der Waals surface area contributed by atoms with Gasteiger partial charge in [0.1, 0.15) is 0 Å². The summed E-state index contributed by atoms with van der Waals surface area (Å²) in [5.74, 6) is 0.319. The Hall–Kier alpha value is -1.94. The van der Waals surface area contributed by atoms with Gasteiger partial charge in [0.2, 0.25) is 0 Å². The van der Waals surface area contributed by atoms with Crippen molar-refractivity contribution < 1.29 is 9.90 Å². The molecule has 2 atom stereocenters. The molecule has 0 spiro atoms. The summed E-state index contributed by atoms with van der Waals surface area (Å²) in [6.07, 6.45) is 5.26. The normalized spacial score (nSPS) is 22.1. The van der Waals surface area contributed by atoms with Crippen LogP contribution in [0.3, 0.4) is 0 Å². The summed E-state index contributed by atoms with van der Waals surface area (Å²) in [5, 5.41) is 13.6. The smallest absolute Gasteiger partial charge is 0.252 e. The van der Waals surface area contributed by atoms with Gasteiger partial charge in [-0.05, 0) is 37.3 Å². The first kappa shape index (κ1) is 14.0. The second-order valence-electron chi connectivity index (χ2n) is 5.77. The molecule has 4 heteroatoms.